The molecule has 1 aliphatic heterocycles. The number of carbonyl (C=O) groups excluding carboxylic acids is 1. The molecule has 24 heavy (non-hydrogen) atoms. The van der Waals surface area contributed by atoms with Crippen LogP contribution in [0, 0.1) is 0 Å². The van der Waals surface area contributed by atoms with Gasteiger partial charge < -0.3 is 14.5 Å². The monoisotopic (exact) mass is 325 g/mol. The van der Waals surface area contributed by atoms with Crippen molar-refractivity contribution in [3.05, 3.63) is 54.2 Å². The molecule has 5 nitrogen and oxygen atoms in total. The zero-order valence-corrected chi connectivity index (χ0v) is 14.0. The van der Waals surface area contributed by atoms with Crippen LogP contribution in [0.1, 0.15) is 12.5 Å². The molecule has 1 saturated heterocycles. The molecular weight excluding hydrogens is 302 g/mol. The Morgan fingerprint density at radius 1 is 1.08 bits per heavy atom. The fourth-order valence-corrected chi connectivity index (χ4v) is 2.88. The molecule has 0 spiro atoms. The fourth-order valence-electron chi connectivity index (χ4n) is 2.88. The number of piperazine rings is 1. The summed E-state index contributed by atoms with van der Waals surface area (Å²) in [6.45, 7) is 5.75. The largest absolute Gasteiger partial charge is 0.494 e. The van der Waals surface area contributed by atoms with Crippen LogP contribution in [0.25, 0.3) is 0 Å². The third-order valence-electron chi connectivity index (χ3n) is 4.20. The smallest absolute Gasteiger partial charge is 0.227 e. The number of rotatable bonds is 5. The molecule has 0 radical (unpaired) electrons. The molecule has 0 unspecified atom stereocenters. The van der Waals surface area contributed by atoms with Crippen molar-refractivity contribution in [2.24, 2.45) is 0 Å². The maximum atomic E-state index is 12.5. The summed E-state index contributed by atoms with van der Waals surface area (Å²) in [6, 6.07) is 13.7. The molecule has 0 saturated carbocycles. The normalized spacial score (nSPS) is 14.5. The molecule has 1 aromatic carbocycles. The van der Waals surface area contributed by atoms with Crippen LogP contribution in [0.5, 0.6) is 5.75 Å². The second-order valence-electron chi connectivity index (χ2n) is 5.81. The second-order valence-corrected chi connectivity index (χ2v) is 5.81. The molecule has 2 heterocycles. The topological polar surface area (TPSA) is 45.7 Å². The Morgan fingerprint density at radius 3 is 2.46 bits per heavy atom. The zero-order chi connectivity index (χ0) is 16.8. The molecule has 126 valence electrons. The number of carbonyl (C=O) groups is 1. The van der Waals surface area contributed by atoms with Gasteiger partial charge in [0.05, 0.1) is 13.0 Å². The highest BCUT2D eigenvalue weighted by molar-refractivity contribution is 5.79. The third kappa shape index (κ3) is 4.04. The summed E-state index contributed by atoms with van der Waals surface area (Å²) in [4.78, 5) is 21.0. The van der Waals surface area contributed by atoms with Gasteiger partial charge in [-0.15, -0.1) is 0 Å². The van der Waals surface area contributed by atoms with Gasteiger partial charge >= 0.3 is 0 Å². The number of hydrogen-bond acceptors (Lipinski definition) is 4. The molecule has 0 N–H and O–H groups in total. The molecule has 3 rings (SSSR count). The first-order valence-electron chi connectivity index (χ1n) is 8.42. The van der Waals surface area contributed by atoms with Crippen LogP contribution in [-0.4, -0.2) is 48.6 Å². The van der Waals surface area contributed by atoms with E-state index in [1.54, 1.807) is 6.20 Å². The van der Waals surface area contributed by atoms with Crippen LogP contribution in [0.4, 0.5) is 5.82 Å². The summed E-state index contributed by atoms with van der Waals surface area (Å²) >= 11 is 0. The number of hydrogen-bond donors (Lipinski definition) is 0. The SMILES string of the molecule is CCOc1ccc(CC(=O)N2CCN(c3ccccn3)CC2)cc1. The second kappa shape index (κ2) is 7.81. The third-order valence-corrected chi connectivity index (χ3v) is 4.20. The van der Waals surface area contributed by atoms with Crippen LogP contribution >= 0.6 is 0 Å². The summed E-state index contributed by atoms with van der Waals surface area (Å²) < 4.78 is 5.43. The number of anilines is 1. The van der Waals surface area contributed by atoms with E-state index in [4.69, 9.17) is 4.74 Å². The van der Waals surface area contributed by atoms with E-state index in [0.29, 0.717) is 13.0 Å². The minimum atomic E-state index is 0.180. The van der Waals surface area contributed by atoms with Crippen molar-refractivity contribution in [3.63, 3.8) is 0 Å². The summed E-state index contributed by atoms with van der Waals surface area (Å²) in [6.07, 6.45) is 2.24. The van der Waals surface area contributed by atoms with Crippen molar-refractivity contribution in [2.75, 3.05) is 37.7 Å². The lowest BCUT2D eigenvalue weighted by Gasteiger charge is -2.35. The van der Waals surface area contributed by atoms with Gasteiger partial charge in [0.1, 0.15) is 11.6 Å². The van der Waals surface area contributed by atoms with Gasteiger partial charge in [-0.3, -0.25) is 4.79 Å². The molecule has 5 heteroatoms. The van der Waals surface area contributed by atoms with Gasteiger partial charge in [-0.25, -0.2) is 4.98 Å². The first kappa shape index (κ1) is 16.3. The average molecular weight is 325 g/mol. The standard InChI is InChI=1S/C19H23N3O2/c1-2-24-17-8-6-16(7-9-17)15-19(23)22-13-11-21(12-14-22)18-5-3-4-10-20-18/h3-10H,2,11-15H2,1H3. The molecule has 0 bridgehead atoms. The van der Waals surface area contributed by atoms with Crippen molar-refractivity contribution < 1.29 is 9.53 Å². The lowest BCUT2D eigenvalue weighted by atomic mass is 10.1. The van der Waals surface area contributed by atoms with Gasteiger partial charge in [0, 0.05) is 32.4 Å². The van der Waals surface area contributed by atoms with Gasteiger partial charge in [0.2, 0.25) is 5.91 Å². The lowest BCUT2D eigenvalue weighted by Crippen LogP contribution is -2.49. The van der Waals surface area contributed by atoms with Gasteiger partial charge in [-0.1, -0.05) is 18.2 Å². The van der Waals surface area contributed by atoms with Crippen molar-refractivity contribution >= 4 is 11.7 Å². The summed E-state index contributed by atoms with van der Waals surface area (Å²) in [7, 11) is 0. The zero-order valence-electron chi connectivity index (χ0n) is 14.0. The Kier molecular flexibility index (Phi) is 5.31. The van der Waals surface area contributed by atoms with Crippen LogP contribution in [-0.2, 0) is 11.2 Å². The van der Waals surface area contributed by atoms with Gasteiger partial charge in [0.15, 0.2) is 0 Å². The van der Waals surface area contributed by atoms with E-state index in [9.17, 15) is 4.79 Å². The summed E-state index contributed by atoms with van der Waals surface area (Å²) in [5, 5.41) is 0. The Bertz CT molecular complexity index is 650. The van der Waals surface area contributed by atoms with Crippen LogP contribution in [0.3, 0.4) is 0 Å². The highest BCUT2D eigenvalue weighted by Crippen LogP contribution is 2.15. The van der Waals surface area contributed by atoms with E-state index in [1.807, 2.05) is 54.3 Å². The quantitative estimate of drug-likeness (QED) is 0.847. The van der Waals surface area contributed by atoms with Crippen molar-refractivity contribution in [3.8, 4) is 5.75 Å². The van der Waals surface area contributed by atoms with Crippen LogP contribution in [0.2, 0.25) is 0 Å². The number of aromatic nitrogens is 1. The highest BCUT2D eigenvalue weighted by atomic mass is 16.5. The van der Waals surface area contributed by atoms with E-state index in [-0.39, 0.29) is 5.91 Å². The lowest BCUT2D eigenvalue weighted by molar-refractivity contribution is -0.130. The minimum absolute atomic E-state index is 0.180. The summed E-state index contributed by atoms with van der Waals surface area (Å²) in [5.74, 6) is 2.01. The van der Waals surface area contributed by atoms with Gasteiger partial charge in [0.25, 0.3) is 0 Å². The molecule has 0 aliphatic carbocycles. The van der Waals surface area contributed by atoms with Crippen molar-refractivity contribution in [1.82, 2.24) is 9.88 Å². The molecule has 1 amide bonds. The van der Waals surface area contributed by atoms with Crippen molar-refractivity contribution in [2.45, 2.75) is 13.3 Å². The van der Waals surface area contributed by atoms with E-state index in [2.05, 4.69) is 9.88 Å². The molecular formula is C19H23N3O2. The van der Waals surface area contributed by atoms with E-state index < -0.39 is 0 Å². The number of benzene rings is 1. The predicted octanol–water partition coefficient (Wildman–Crippen LogP) is 2.37. The maximum absolute atomic E-state index is 12.5. The van der Waals surface area contributed by atoms with E-state index >= 15 is 0 Å². The highest BCUT2D eigenvalue weighted by Gasteiger charge is 2.21. The minimum Gasteiger partial charge on any atom is -0.494 e. The van der Waals surface area contributed by atoms with Gasteiger partial charge in [-0.2, -0.15) is 0 Å². The number of pyridine rings is 1. The first-order valence-corrected chi connectivity index (χ1v) is 8.42. The summed E-state index contributed by atoms with van der Waals surface area (Å²) in [5.41, 5.74) is 1.02. The predicted molar refractivity (Wildman–Crippen MR) is 94.3 cm³/mol. The van der Waals surface area contributed by atoms with E-state index in [0.717, 1.165) is 43.3 Å². The Morgan fingerprint density at radius 2 is 1.83 bits per heavy atom. The average Bonchev–Trinajstić information content (AvgIpc) is 2.64. The molecule has 1 aliphatic rings. The maximum Gasteiger partial charge on any atom is 0.227 e. The number of amides is 1. The van der Waals surface area contributed by atoms with E-state index in [1.165, 1.54) is 0 Å². The Hall–Kier alpha value is -2.56. The number of nitrogens with zero attached hydrogens (tertiary/aromatic N) is 3. The van der Waals surface area contributed by atoms with Gasteiger partial charge in [-0.05, 0) is 36.8 Å². The van der Waals surface area contributed by atoms with Crippen LogP contribution < -0.4 is 9.64 Å². The Balaban J connectivity index is 1.51. The molecule has 1 aromatic heterocycles. The van der Waals surface area contributed by atoms with Crippen LogP contribution in [0.15, 0.2) is 48.7 Å². The fraction of sp³-hybridized carbons (Fsp3) is 0.368. The number of ether oxygens (including phenoxy) is 1. The Labute approximate surface area is 142 Å². The molecule has 0 atom stereocenters. The first-order chi connectivity index (χ1) is 11.8. The van der Waals surface area contributed by atoms with Crippen molar-refractivity contribution in [1.29, 1.82) is 0 Å². The molecule has 1 fully saturated rings. The molecule has 2 aromatic rings.